The number of aliphatic carboxylic acids is 1. The molecular weight excluding hydrogens is 610 g/mol. The minimum absolute atomic E-state index is 0.0813. The van der Waals surface area contributed by atoms with Gasteiger partial charge in [0, 0.05) is 32.3 Å². The van der Waals surface area contributed by atoms with Gasteiger partial charge in [0.2, 0.25) is 0 Å². The highest BCUT2D eigenvalue weighted by Gasteiger charge is 2.25. The number of ether oxygens (including phenoxy) is 2. The molecule has 1 amide bonds. The van der Waals surface area contributed by atoms with Crippen LogP contribution in [0.25, 0.3) is 5.69 Å². The Bertz CT molecular complexity index is 1790. The van der Waals surface area contributed by atoms with E-state index in [1.165, 1.54) is 17.0 Å². The van der Waals surface area contributed by atoms with Crippen LogP contribution in [0.15, 0.2) is 71.5 Å². The van der Waals surface area contributed by atoms with Gasteiger partial charge in [-0.15, -0.1) is 5.10 Å². The van der Waals surface area contributed by atoms with Gasteiger partial charge in [-0.1, -0.05) is 18.2 Å². The number of carbonyl (C=O) groups excluding carboxylic acids is 1. The standard InChI is InChI=1S/C30H33N7O6.C2H4O2/c1-5-42-24-16-19(12-15-23(24)43-17(2)28(38)36(3)4)25(33-20-13-10-18(11-14-20)26(31)32)27-34-30(41)37(35-27)22-9-7-6-8-21(22)29(39)40;1-2(3)4/h6-17,25,33H,5H2,1-4H3,(H3,31,32)(H,39,40)(H,34,35,41);1H3,(H,3,4). The number of nitrogens with two attached hydrogens (primary N) is 1. The molecule has 4 aromatic rings. The summed E-state index contributed by atoms with van der Waals surface area (Å²) in [6, 6.07) is 17.2. The molecule has 1 aromatic heterocycles. The fourth-order valence-electron chi connectivity index (χ4n) is 4.37. The predicted molar refractivity (Wildman–Crippen MR) is 174 cm³/mol. The Balaban J connectivity index is 0.00000142. The molecule has 0 saturated carbocycles. The number of nitrogen functional groups attached to an aromatic ring is 1. The molecule has 1 heterocycles. The molecule has 47 heavy (non-hydrogen) atoms. The summed E-state index contributed by atoms with van der Waals surface area (Å²) in [7, 11) is 3.28. The maximum Gasteiger partial charge on any atom is 0.348 e. The molecule has 4 rings (SSSR count). The largest absolute Gasteiger partial charge is 0.490 e. The van der Waals surface area contributed by atoms with Crippen LogP contribution < -0.4 is 26.2 Å². The molecular formula is C32H37N7O8. The zero-order chi connectivity index (χ0) is 34.8. The van der Waals surface area contributed by atoms with E-state index >= 15 is 0 Å². The lowest BCUT2D eigenvalue weighted by Gasteiger charge is -2.22. The van der Waals surface area contributed by atoms with E-state index in [1.807, 2.05) is 6.92 Å². The Morgan fingerprint density at radius 1 is 1.06 bits per heavy atom. The Kier molecular flexibility index (Phi) is 11.8. The smallest absolute Gasteiger partial charge is 0.348 e. The van der Waals surface area contributed by atoms with Crippen LogP contribution in [0.1, 0.15) is 54.1 Å². The Hall–Kier alpha value is -6.12. The number of H-pyrrole nitrogens is 1. The maximum absolute atomic E-state index is 13.1. The van der Waals surface area contributed by atoms with Gasteiger partial charge in [-0.05, 0) is 67.9 Å². The Morgan fingerprint density at radius 2 is 1.70 bits per heavy atom. The van der Waals surface area contributed by atoms with Crippen LogP contribution in [0.4, 0.5) is 5.69 Å². The number of hydrogen-bond acceptors (Lipinski definition) is 9. The number of hydrogen-bond donors (Lipinski definition) is 6. The maximum atomic E-state index is 13.1. The van der Waals surface area contributed by atoms with Crippen molar-refractivity contribution in [1.82, 2.24) is 19.7 Å². The zero-order valence-electron chi connectivity index (χ0n) is 26.5. The molecule has 0 aliphatic heterocycles. The third kappa shape index (κ3) is 9.20. The average molecular weight is 648 g/mol. The molecule has 3 aromatic carbocycles. The first-order chi connectivity index (χ1) is 22.2. The van der Waals surface area contributed by atoms with Crippen molar-refractivity contribution in [3.05, 3.63) is 99.7 Å². The van der Waals surface area contributed by atoms with Gasteiger partial charge in [0.05, 0.1) is 17.9 Å². The quantitative estimate of drug-likeness (QED) is 0.0967. The molecule has 2 unspecified atom stereocenters. The highest BCUT2D eigenvalue weighted by Crippen LogP contribution is 2.34. The number of nitrogens with one attached hydrogen (secondary N) is 3. The first-order valence-electron chi connectivity index (χ1n) is 14.3. The topological polar surface area (TPSA) is 226 Å². The monoisotopic (exact) mass is 647 g/mol. The minimum Gasteiger partial charge on any atom is -0.490 e. The van der Waals surface area contributed by atoms with Crippen molar-refractivity contribution in [2.45, 2.75) is 32.9 Å². The first-order valence-corrected chi connectivity index (χ1v) is 14.3. The summed E-state index contributed by atoms with van der Waals surface area (Å²) in [4.78, 5) is 50.5. The van der Waals surface area contributed by atoms with E-state index in [2.05, 4.69) is 15.4 Å². The van der Waals surface area contributed by atoms with Crippen LogP contribution in [0.3, 0.4) is 0 Å². The van der Waals surface area contributed by atoms with Gasteiger partial charge in [0.15, 0.2) is 23.4 Å². The van der Waals surface area contributed by atoms with Crippen molar-refractivity contribution >= 4 is 29.4 Å². The summed E-state index contributed by atoms with van der Waals surface area (Å²) in [6.45, 7) is 4.86. The number of nitrogens with zero attached hydrogens (tertiary/aromatic N) is 3. The van der Waals surface area contributed by atoms with Gasteiger partial charge in [0.25, 0.3) is 11.9 Å². The summed E-state index contributed by atoms with van der Waals surface area (Å²) in [5.41, 5.74) is 6.76. The first kappa shape index (κ1) is 35.4. The van der Waals surface area contributed by atoms with Crippen molar-refractivity contribution in [2.75, 3.05) is 26.0 Å². The van der Waals surface area contributed by atoms with E-state index in [0.717, 1.165) is 11.6 Å². The number of carboxylic acid groups (broad SMARTS) is 2. The molecule has 0 radical (unpaired) electrons. The van der Waals surface area contributed by atoms with Crippen molar-refractivity contribution < 1.29 is 34.1 Å². The number of amides is 1. The van der Waals surface area contributed by atoms with Crippen LogP contribution in [0, 0.1) is 5.41 Å². The van der Waals surface area contributed by atoms with Crippen LogP contribution >= 0.6 is 0 Å². The molecule has 0 fully saturated rings. The van der Waals surface area contributed by atoms with Crippen molar-refractivity contribution in [1.29, 1.82) is 5.41 Å². The number of benzene rings is 3. The molecule has 0 aliphatic carbocycles. The molecule has 15 heteroatoms. The second-order valence-corrected chi connectivity index (χ2v) is 10.3. The van der Waals surface area contributed by atoms with Gasteiger partial charge < -0.3 is 35.6 Å². The van der Waals surface area contributed by atoms with Crippen molar-refractivity contribution in [2.24, 2.45) is 5.73 Å². The Labute approximate surface area is 270 Å². The van der Waals surface area contributed by atoms with Gasteiger partial charge in [-0.2, -0.15) is 4.68 Å². The fourth-order valence-corrected chi connectivity index (χ4v) is 4.37. The molecule has 0 saturated heterocycles. The molecule has 0 spiro atoms. The number of anilines is 1. The molecule has 7 N–H and O–H groups in total. The number of para-hydroxylation sites is 1. The number of aromatic carboxylic acids is 1. The molecule has 0 bridgehead atoms. The van der Waals surface area contributed by atoms with Gasteiger partial charge >= 0.3 is 11.7 Å². The van der Waals surface area contributed by atoms with Crippen LogP contribution in [-0.4, -0.2) is 80.4 Å². The van der Waals surface area contributed by atoms with E-state index < -0.39 is 29.8 Å². The van der Waals surface area contributed by atoms with E-state index in [0.29, 0.717) is 34.9 Å². The number of carbonyl (C=O) groups is 3. The summed E-state index contributed by atoms with van der Waals surface area (Å²) < 4.78 is 12.8. The number of aromatic nitrogens is 3. The predicted octanol–water partition coefficient (Wildman–Crippen LogP) is 3.09. The minimum atomic E-state index is -1.20. The van der Waals surface area contributed by atoms with Gasteiger partial charge in [0.1, 0.15) is 11.9 Å². The third-order valence-electron chi connectivity index (χ3n) is 6.47. The van der Waals surface area contributed by atoms with E-state index in [1.54, 1.807) is 75.6 Å². The number of rotatable bonds is 12. The van der Waals surface area contributed by atoms with Gasteiger partial charge in [-0.3, -0.25) is 20.0 Å². The van der Waals surface area contributed by atoms with Crippen LogP contribution in [0.2, 0.25) is 0 Å². The number of carboxylic acids is 2. The van der Waals surface area contributed by atoms with E-state index in [4.69, 9.17) is 30.5 Å². The number of amidine groups is 1. The summed E-state index contributed by atoms with van der Waals surface area (Å²) in [6.07, 6.45) is -0.768. The van der Waals surface area contributed by atoms with Crippen molar-refractivity contribution in [3.8, 4) is 17.2 Å². The Morgan fingerprint density at radius 3 is 2.28 bits per heavy atom. The summed E-state index contributed by atoms with van der Waals surface area (Å²) in [5, 5.41) is 32.6. The highest BCUT2D eigenvalue weighted by atomic mass is 16.5. The fraction of sp³-hybridized carbons (Fsp3) is 0.250. The normalized spacial score (nSPS) is 11.7. The second kappa shape index (κ2) is 15.7. The lowest BCUT2D eigenvalue weighted by atomic mass is 10.0. The third-order valence-corrected chi connectivity index (χ3v) is 6.47. The molecule has 15 nitrogen and oxygen atoms in total. The highest BCUT2D eigenvalue weighted by molar-refractivity contribution is 5.95. The summed E-state index contributed by atoms with van der Waals surface area (Å²) >= 11 is 0. The van der Waals surface area contributed by atoms with Crippen molar-refractivity contribution in [3.63, 3.8) is 0 Å². The van der Waals surface area contributed by atoms with E-state index in [9.17, 15) is 19.5 Å². The lowest BCUT2D eigenvalue weighted by Crippen LogP contribution is -2.35. The molecule has 2 atom stereocenters. The SMILES string of the molecule is CC(=O)O.CCOc1cc(C(Nc2ccc(C(=N)N)cc2)c2nn(-c3ccccc3C(=O)O)c(=O)[nH]2)ccc1OC(C)C(=O)N(C)C. The average Bonchev–Trinajstić information content (AvgIpc) is 3.41. The summed E-state index contributed by atoms with van der Waals surface area (Å²) in [5.74, 6) is -1.42. The van der Waals surface area contributed by atoms with Gasteiger partial charge in [-0.25, -0.2) is 9.59 Å². The second-order valence-electron chi connectivity index (χ2n) is 10.3. The number of aromatic amines is 1. The molecule has 0 aliphatic rings. The van der Waals surface area contributed by atoms with Crippen LogP contribution in [-0.2, 0) is 9.59 Å². The van der Waals surface area contributed by atoms with E-state index in [-0.39, 0.29) is 28.8 Å². The molecule has 248 valence electrons. The zero-order valence-corrected chi connectivity index (χ0v) is 26.5. The lowest BCUT2D eigenvalue weighted by molar-refractivity contribution is -0.135. The van der Waals surface area contributed by atoms with Crippen LogP contribution in [0.5, 0.6) is 11.5 Å². The number of likely N-dealkylation sites (N-methyl/N-ethyl adjacent to an activating group) is 1.